The molecule has 0 aliphatic heterocycles. The van der Waals surface area contributed by atoms with E-state index in [0.717, 1.165) is 0 Å². The number of carboxylic acid groups (broad SMARTS) is 1. The van der Waals surface area contributed by atoms with Crippen molar-refractivity contribution in [3.8, 4) is 0 Å². The van der Waals surface area contributed by atoms with Gasteiger partial charge in [-0.25, -0.2) is 0 Å². The van der Waals surface area contributed by atoms with Gasteiger partial charge in [0.25, 0.3) is 0 Å². The van der Waals surface area contributed by atoms with Gasteiger partial charge in [0.1, 0.15) is 6.04 Å². The maximum Gasteiger partial charge on any atom is 0.305 e. The lowest BCUT2D eigenvalue weighted by atomic mass is 10.1. The van der Waals surface area contributed by atoms with Gasteiger partial charge in [-0.3, -0.25) is 14.4 Å². The number of carbonyl (C=O) groups is 3. The first kappa shape index (κ1) is 18.4. The summed E-state index contributed by atoms with van der Waals surface area (Å²) in [6.45, 7) is 6.80. The summed E-state index contributed by atoms with van der Waals surface area (Å²) in [6.07, 6.45) is -1.05. The lowest BCUT2D eigenvalue weighted by Gasteiger charge is -2.22. The van der Waals surface area contributed by atoms with E-state index >= 15 is 0 Å². The molecule has 0 radical (unpaired) electrons. The Kier molecular flexibility index (Phi) is 7.83. The lowest BCUT2D eigenvalue weighted by Crippen LogP contribution is -2.52. The second-order valence-corrected chi connectivity index (χ2v) is 5.35. The van der Waals surface area contributed by atoms with E-state index in [9.17, 15) is 19.5 Å². The van der Waals surface area contributed by atoms with E-state index in [0.29, 0.717) is 0 Å². The third-order valence-electron chi connectivity index (χ3n) is 2.72. The predicted molar refractivity (Wildman–Crippen MR) is 72.9 cm³/mol. The monoisotopic (exact) mass is 288 g/mol. The SMILES string of the molecule is CC(C)CC(=O)NC(CC(=O)O)C(=O)NC(C)C(C)O. The Bertz CT molecular complexity index is 355. The molecule has 2 amide bonds. The Morgan fingerprint density at radius 2 is 1.55 bits per heavy atom. The summed E-state index contributed by atoms with van der Waals surface area (Å²) in [5.41, 5.74) is 0. The smallest absolute Gasteiger partial charge is 0.305 e. The highest BCUT2D eigenvalue weighted by molar-refractivity contribution is 5.90. The standard InChI is InChI=1S/C13H24N2O5/c1-7(2)5-11(17)15-10(6-12(18)19)13(20)14-8(3)9(4)16/h7-10,16H,5-6H2,1-4H3,(H,14,20)(H,15,17)(H,18,19). The zero-order chi connectivity index (χ0) is 15.9. The second kappa shape index (κ2) is 8.52. The Labute approximate surface area is 118 Å². The minimum Gasteiger partial charge on any atom is -0.481 e. The number of carbonyl (C=O) groups excluding carboxylic acids is 2. The van der Waals surface area contributed by atoms with Crippen molar-refractivity contribution >= 4 is 17.8 Å². The molecule has 3 atom stereocenters. The molecule has 4 N–H and O–H groups in total. The van der Waals surface area contributed by atoms with Gasteiger partial charge in [-0.05, 0) is 19.8 Å². The van der Waals surface area contributed by atoms with Gasteiger partial charge in [-0.1, -0.05) is 13.8 Å². The van der Waals surface area contributed by atoms with Crippen LogP contribution in [0, 0.1) is 5.92 Å². The lowest BCUT2D eigenvalue weighted by molar-refractivity contribution is -0.141. The predicted octanol–water partition coefficient (Wildman–Crippen LogP) is -0.122. The summed E-state index contributed by atoms with van der Waals surface area (Å²) < 4.78 is 0. The molecule has 116 valence electrons. The van der Waals surface area contributed by atoms with Crippen LogP contribution in [0.3, 0.4) is 0 Å². The molecule has 20 heavy (non-hydrogen) atoms. The third kappa shape index (κ3) is 7.73. The van der Waals surface area contributed by atoms with Crippen LogP contribution in [-0.2, 0) is 14.4 Å². The van der Waals surface area contributed by atoms with Crippen LogP contribution >= 0.6 is 0 Å². The van der Waals surface area contributed by atoms with Crippen molar-refractivity contribution in [2.75, 3.05) is 0 Å². The van der Waals surface area contributed by atoms with E-state index in [1.54, 1.807) is 6.92 Å². The van der Waals surface area contributed by atoms with Crippen molar-refractivity contribution in [3.05, 3.63) is 0 Å². The summed E-state index contributed by atoms with van der Waals surface area (Å²) in [5, 5.41) is 23.0. The quantitative estimate of drug-likeness (QED) is 0.497. The van der Waals surface area contributed by atoms with Gasteiger partial charge >= 0.3 is 5.97 Å². The molecule has 0 bridgehead atoms. The average molecular weight is 288 g/mol. The van der Waals surface area contributed by atoms with Crippen molar-refractivity contribution < 1.29 is 24.6 Å². The first-order valence-electron chi connectivity index (χ1n) is 6.63. The number of aliphatic carboxylic acids is 1. The number of hydrogen-bond acceptors (Lipinski definition) is 4. The minimum atomic E-state index is -1.18. The van der Waals surface area contributed by atoms with Gasteiger partial charge < -0.3 is 20.8 Å². The van der Waals surface area contributed by atoms with E-state index in [-0.39, 0.29) is 18.2 Å². The molecule has 0 heterocycles. The van der Waals surface area contributed by atoms with E-state index in [4.69, 9.17) is 5.11 Å². The van der Waals surface area contributed by atoms with Crippen molar-refractivity contribution in [2.24, 2.45) is 5.92 Å². The first-order chi connectivity index (χ1) is 9.13. The molecule has 3 unspecified atom stereocenters. The minimum absolute atomic E-state index is 0.111. The zero-order valence-corrected chi connectivity index (χ0v) is 12.3. The van der Waals surface area contributed by atoms with Crippen molar-refractivity contribution in [1.29, 1.82) is 0 Å². The number of nitrogens with one attached hydrogen (secondary N) is 2. The van der Waals surface area contributed by atoms with Gasteiger partial charge in [0.05, 0.1) is 18.6 Å². The van der Waals surface area contributed by atoms with Gasteiger partial charge in [0.2, 0.25) is 11.8 Å². The third-order valence-corrected chi connectivity index (χ3v) is 2.72. The van der Waals surface area contributed by atoms with E-state index in [1.807, 2.05) is 13.8 Å². The summed E-state index contributed by atoms with van der Waals surface area (Å²) >= 11 is 0. The molecule has 0 saturated carbocycles. The molecule has 0 aromatic carbocycles. The fourth-order valence-corrected chi connectivity index (χ4v) is 1.45. The van der Waals surface area contributed by atoms with E-state index < -0.39 is 36.5 Å². The Morgan fingerprint density at radius 1 is 1.00 bits per heavy atom. The topological polar surface area (TPSA) is 116 Å². The van der Waals surface area contributed by atoms with Crippen LogP contribution in [0.15, 0.2) is 0 Å². The Morgan fingerprint density at radius 3 is 1.95 bits per heavy atom. The summed E-state index contributed by atoms with van der Waals surface area (Å²) in [7, 11) is 0. The molecule has 0 fully saturated rings. The molecule has 0 aliphatic rings. The van der Waals surface area contributed by atoms with Crippen molar-refractivity contribution in [2.45, 2.75) is 58.7 Å². The van der Waals surface area contributed by atoms with Crippen LogP contribution in [0.25, 0.3) is 0 Å². The number of aliphatic hydroxyl groups excluding tert-OH is 1. The molecule has 7 heteroatoms. The van der Waals surface area contributed by atoms with Gasteiger partial charge in [0.15, 0.2) is 0 Å². The summed E-state index contributed by atoms with van der Waals surface area (Å²) in [5.74, 6) is -2.05. The molecule has 7 nitrogen and oxygen atoms in total. The number of aliphatic hydroxyl groups is 1. The van der Waals surface area contributed by atoms with Crippen LogP contribution in [-0.4, -0.2) is 46.2 Å². The number of carboxylic acids is 1. The van der Waals surface area contributed by atoms with Crippen LogP contribution in [0.2, 0.25) is 0 Å². The highest BCUT2D eigenvalue weighted by Crippen LogP contribution is 2.02. The summed E-state index contributed by atoms with van der Waals surface area (Å²) in [6, 6.07) is -1.67. The molecule has 0 aromatic rings. The molecular weight excluding hydrogens is 264 g/mol. The van der Waals surface area contributed by atoms with Gasteiger partial charge in [0, 0.05) is 6.42 Å². The van der Waals surface area contributed by atoms with Gasteiger partial charge in [-0.2, -0.15) is 0 Å². The zero-order valence-electron chi connectivity index (χ0n) is 12.3. The molecule has 0 spiro atoms. The highest BCUT2D eigenvalue weighted by atomic mass is 16.4. The molecule has 0 rings (SSSR count). The van der Waals surface area contributed by atoms with Crippen molar-refractivity contribution in [1.82, 2.24) is 10.6 Å². The number of rotatable bonds is 8. The molecular formula is C13H24N2O5. The normalized spacial score (nSPS) is 15.3. The average Bonchev–Trinajstić information content (AvgIpc) is 2.25. The second-order valence-electron chi connectivity index (χ2n) is 5.35. The molecule has 0 aliphatic carbocycles. The first-order valence-corrected chi connectivity index (χ1v) is 6.63. The Balaban J connectivity index is 4.66. The molecule has 0 saturated heterocycles. The van der Waals surface area contributed by atoms with Crippen LogP contribution in [0.1, 0.15) is 40.5 Å². The largest absolute Gasteiger partial charge is 0.481 e. The maximum atomic E-state index is 11.9. The summed E-state index contributed by atoms with van der Waals surface area (Å²) in [4.78, 5) is 34.3. The Hall–Kier alpha value is -1.63. The van der Waals surface area contributed by atoms with Crippen LogP contribution in [0.4, 0.5) is 0 Å². The van der Waals surface area contributed by atoms with Gasteiger partial charge in [-0.15, -0.1) is 0 Å². The van der Waals surface area contributed by atoms with E-state index in [2.05, 4.69) is 10.6 Å². The fourth-order valence-electron chi connectivity index (χ4n) is 1.45. The number of hydrogen-bond donors (Lipinski definition) is 4. The number of amides is 2. The van der Waals surface area contributed by atoms with Crippen LogP contribution in [0.5, 0.6) is 0 Å². The van der Waals surface area contributed by atoms with E-state index in [1.165, 1.54) is 6.92 Å². The van der Waals surface area contributed by atoms with Crippen molar-refractivity contribution in [3.63, 3.8) is 0 Å². The maximum absolute atomic E-state index is 11.9. The molecule has 0 aromatic heterocycles. The highest BCUT2D eigenvalue weighted by Gasteiger charge is 2.25. The fraction of sp³-hybridized carbons (Fsp3) is 0.769. The van der Waals surface area contributed by atoms with Crippen LogP contribution < -0.4 is 10.6 Å².